The maximum atomic E-state index is 12.4. The van der Waals surface area contributed by atoms with E-state index in [1.165, 1.54) is 24.3 Å². The van der Waals surface area contributed by atoms with E-state index in [0.29, 0.717) is 36.9 Å². The Labute approximate surface area is 157 Å². The molecule has 1 N–H and O–H groups in total. The molecule has 1 aliphatic rings. The van der Waals surface area contributed by atoms with Crippen LogP contribution < -0.4 is 4.72 Å². The van der Waals surface area contributed by atoms with Crippen molar-refractivity contribution in [3.05, 3.63) is 64.7 Å². The zero-order chi connectivity index (χ0) is 18.6. The molecule has 2 aromatic rings. The number of morpholine rings is 1. The van der Waals surface area contributed by atoms with Crippen LogP contribution in [0.5, 0.6) is 0 Å². The van der Waals surface area contributed by atoms with Gasteiger partial charge >= 0.3 is 0 Å². The molecule has 0 spiro atoms. The van der Waals surface area contributed by atoms with Crippen LogP contribution in [-0.2, 0) is 21.3 Å². The summed E-state index contributed by atoms with van der Waals surface area (Å²) >= 11 is 5.78. The Kier molecular flexibility index (Phi) is 5.93. The van der Waals surface area contributed by atoms with Crippen LogP contribution in [0, 0.1) is 0 Å². The van der Waals surface area contributed by atoms with Crippen molar-refractivity contribution in [1.82, 2.24) is 9.62 Å². The number of hydrogen-bond acceptors (Lipinski definition) is 4. The van der Waals surface area contributed by atoms with E-state index in [1.807, 2.05) is 0 Å². The molecule has 0 bridgehead atoms. The lowest BCUT2D eigenvalue weighted by atomic mass is 10.1. The quantitative estimate of drug-likeness (QED) is 0.844. The minimum Gasteiger partial charge on any atom is -0.378 e. The van der Waals surface area contributed by atoms with Gasteiger partial charge in [0.1, 0.15) is 0 Å². The number of nitrogens with zero attached hydrogens (tertiary/aromatic N) is 1. The van der Waals surface area contributed by atoms with E-state index in [2.05, 4.69) is 4.72 Å². The first-order valence-electron chi connectivity index (χ1n) is 8.17. The first-order valence-corrected chi connectivity index (χ1v) is 10.0. The molecular formula is C18H19ClN2O4S. The molecule has 1 saturated heterocycles. The molecule has 2 aromatic carbocycles. The molecule has 26 heavy (non-hydrogen) atoms. The normalized spacial score (nSPS) is 15.0. The fraction of sp³-hybridized carbons (Fsp3) is 0.278. The number of hydrogen-bond donors (Lipinski definition) is 1. The molecular weight excluding hydrogens is 376 g/mol. The SMILES string of the molecule is O=C(c1ccc(CNS(=O)(=O)c2ccc(Cl)cc2)cc1)N1CCOCC1. The highest BCUT2D eigenvalue weighted by molar-refractivity contribution is 7.89. The fourth-order valence-electron chi connectivity index (χ4n) is 2.59. The van der Waals surface area contributed by atoms with Gasteiger partial charge in [0.15, 0.2) is 0 Å². The molecule has 6 nitrogen and oxygen atoms in total. The second-order valence-corrected chi connectivity index (χ2v) is 8.08. The van der Waals surface area contributed by atoms with E-state index in [9.17, 15) is 13.2 Å². The van der Waals surface area contributed by atoms with E-state index < -0.39 is 10.0 Å². The third kappa shape index (κ3) is 4.62. The van der Waals surface area contributed by atoms with E-state index in [1.54, 1.807) is 29.2 Å². The molecule has 0 aliphatic carbocycles. The molecule has 1 aliphatic heterocycles. The summed E-state index contributed by atoms with van der Waals surface area (Å²) in [6, 6.07) is 12.9. The molecule has 1 amide bonds. The smallest absolute Gasteiger partial charge is 0.254 e. The summed E-state index contributed by atoms with van der Waals surface area (Å²) in [6.45, 7) is 2.41. The Balaban J connectivity index is 1.62. The summed E-state index contributed by atoms with van der Waals surface area (Å²) in [5.41, 5.74) is 1.34. The first kappa shape index (κ1) is 18.8. The lowest BCUT2D eigenvalue weighted by molar-refractivity contribution is 0.0303. The molecule has 0 saturated carbocycles. The van der Waals surface area contributed by atoms with Gasteiger partial charge in [-0.3, -0.25) is 4.79 Å². The van der Waals surface area contributed by atoms with Crippen molar-refractivity contribution in [2.24, 2.45) is 0 Å². The zero-order valence-electron chi connectivity index (χ0n) is 14.0. The predicted octanol–water partition coefficient (Wildman–Crippen LogP) is 2.29. The van der Waals surface area contributed by atoms with E-state index in [0.717, 1.165) is 5.56 Å². The van der Waals surface area contributed by atoms with Crippen LogP contribution in [-0.4, -0.2) is 45.5 Å². The third-order valence-electron chi connectivity index (χ3n) is 4.09. The largest absolute Gasteiger partial charge is 0.378 e. The van der Waals surface area contributed by atoms with Crippen LogP contribution in [0.1, 0.15) is 15.9 Å². The zero-order valence-corrected chi connectivity index (χ0v) is 15.6. The molecule has 1 heterocycles. The van der Waals surface area contributed by atoms with Gasteiger partial charge in [-0.05, 0) is 42.0 Å². The topological polar surface area (TPSA) is 75.7 Å². The van der Waals surface area contributed by atoms with Crippen molar-refractivity contribution < 1.29 is 17.9 Å². The molecule has 0 radical (unpaired) electrons. The summed E-state index contributed by atoms with van der Waals surface area (Å²) in [6.07, 6.45) is 0. The minimum atomic E-state index is -3.62. The third-order valence-corrected chi connectivity index (χ3v) is 5.76. The Morgan fingerprint density at radius 1 is 1.04 bits per heavy atom. The molecule has 0 atom stereocenters. The molecule has 1 fully saturated rings. The highest BCUT2D eigenvalue weighted by Crippen LogP contribution is 2.15. The van der Waals surface area contributed by atoms with Gasteiger partial charge in [0.05, 0.1) is 18.1 Å². The number of amides is 1. The number of sulfonamides is 1. The summed E-state index contributed by atoms with van der Waals surface area (Å²) in [5.74, 6) is -0.0402. The number of carbonyl (C=O) groups excluding carboxylic acids is 1. The number of nitrogens with one attached hydrogen (secondary N) is 1. The van der Waals surface area contributed by atoms with Crippen molar-refractivity contribution in [1.29, 1.82) is 0 Å². The van der Waals surface area contributed by atoms with Crippen LogP contribution >= 0.6 is 11.6 Å². The predicted molar refractivity (Wildman–Crippen MR) is 98.6 cm³/mol. The number of carbonyl (C=O) groups is 1. The minimum absolute atomic E-state index is 0.0402. The second kappa shape index (κ2) is 8.18. The van der Waals surface area contributed by atoms with E-state index in [-0.39, 0.29) is 17.3 Å². The van der Waals surface area contributed by atoms with Gasteiger partial charge in [-0.15, -0.1) is 0 Å². The van der Waals surface area contributed by atoms with Gasteiger partial charge in [-0.2, -0.15) is 0 Å². The Hall–Kier alpha value is -1.93. The van der Waals surface area contributed by atoms with Crippen LogP contribution in [0.2, 0.25) is 5.02 Å². The standard InChI is InChI=1S/C18H19ClN2O4S/c19-16-5-7-17(8-6-16)26(23,24)20-13-14-1-3-15(4-2-14)18(22)21-9-11-25-12-10-21/h1-8,20H,9-13H2. The van der Waals surface area contributed by atoms with Crippen molar-refractivity contribution in [2.45, 2.75) is 11.4 Å². The Morgan fingerprint density at radius 2 is 1.65 bits per heavy atom. The van der Waals surface area contributed by atoms with Gasteiger partial charge in [-0.25, -0.2) is 13.1 Å². The summed E-state index contributed by atoms with van der Waals surface area (Å²) in [7, 11) is -3.62. The second-order valence-electron chi connectivity index (χ2n) is 5.88. The fourth-order valence-corrected chi connectivity index (χ4v) is 3.73. The average molecular weight is 395 g/mol. The van der Waals surface area contributed by atoms with Gasteiger partial charge in [-0.1, -0.05) is 23.7 Å². The number of halogens is 1. The lowest BCUT2D eigenvalue weighted by Gasteiger charge is -2.26. The van der Waals surface area contributed by atoms with Gasteiger partial charge in [0.25, 0.3) is 5.91 Å². The first-order chi connectivity index (χ1) is 12.5. The maximum Gasteiger partial charge on any atom is 0.254 e. The highest BCUT2D eigenvalue weighted by atomic mass is 35.5. The van der Waals surface area contributed by atoms with E-state index in [4.69, 9.17) is 16.3 Å². The lowest BCUT2D eigenvalue weighted by Crippen LogP contribution is -2.40. The molecule has 3 rings (SSSR count). The van der Waals surface area contributed by atoms with Crippen molar-refractivity contribution >= 4 is 27.5 Å². The maximum absolute atomic E-state index is 12.4. The van der Waals surface area contributed by atoms with Gasteiger partial charge in [0.2, 0.25) is 10.0 Å². The highest BCUT2D eigenvalue weighted by Gasteiger charge is 2.18. The number of rotatable bonds is 5. The van der Waals surface area contributed by atoms with Crippen LogP contribution in [0.3, 0.4) is 0 Å². The molecule has 8 heteroatoms. The van der Waals surface area contributed by atoms with Crippen LogP contribution in [0.4, 0.5) is 0 Å². The van der Waals surface area contributed by atoms with Gasteiger partial charge < -0.3 is 9.64 Å². The van der Waals surface area contributed by atoms with Crippen LogP contribution in [0.25, 0.3) is 0 Å². The average Bonchev–Trinajstić information content (AvgIpc) is 2.67. The van der Waals surface area contributed by atoms with Gasteiger partial charge in [0, 0.05) is 30.2 Å². The molecule has 138 valence electrons. The van der Waals surface area contributed by atoms with E-state index >= 15 is 0 Å². The van der Waals surface area contributed by atoms with Crippen molar-refractivity contribution in [2.75, 3.05) is 26.3 Å². The summed E-state index contributed by atoms with van der Waals surface area (Å²) in [5, 5.41) is 0.476. The molecule has 0 unspecified atom stereocenters. The molecule has 0 aromatic heterocycles. The van der Waals surface area contributed by atoms with Crippen molar-refractivity contribution in [3.63, 3.8) is 0 Å². The Bertz CT molecular complexity index is 861. The Morgan fingerprint density at radius 3 is 2.27 bits per heavy atom. The number of ether oxygens (including phenoxy) is 1. The van der Waals surface area contributed by atoms with Crippen LogP contribution in [0.15, 0.2) is 53.4 Å². The summed E-state index contributed by atoms with van der Waals surface area (Å²) < 4.78 is 32.3. The monoisotopic (exact) mass is 394 g/mol. The summed E-state index contributed by atoms with van der Waals surface area (Å²) in [4.78, 5) is 14.3. The number of benzene rings is 2. The van der Waals surface area contributed by atoms with Crippen molar-refractivity contribution in [3.8, 4) is 0 Å².